The number of anilines is 1. The van der Waals surface area contributed by atoms with Gasteiger partial charge in [0, 0.05) is 31.9 Å². The summed E-state index contributed by atoms with van der Waals surface area (Å²) in [7, 11) is -2.34. The Kier molecular flexibility index (Phi) is 11.0. The highest BCUT2D eigenvalue weighted by molar-refractivity contribution is 7.91. The molecule has 17 heteroatoms. The molecule has 3 saturated carbocycles. The summed E-state index contributed by atoms with van der Waals surface area (Å²) >= 11 is 0. The van der Waals surface area contributed by atoms with Crippen molar-refractivity contribution in [2.45, 2.75) is 74.4 Å². The number of allylic oxidation sites excluding steroid dienone is 1. The molecule has 0 aliphatic heterocycles. The van der Waals surface area contributed by atoms with E-state index in [1.807, 2.05) is 0 Å². The minimum atomic E-state index is -4.71. The summed E-state index contributed by atoms with van der Waals surface area (Å²) in [6, 6.07) is 4.30. The van der Waals surface area contributed by atoms with Gasteiger partial charge in [-0.3, -0.25) is 24.4 Å². The van der Waals surface area contributed by atoms with Gasteiger partial charge in [0.15, 0.2) is 0 Å². The van der Waals surface area contributed by atoms with E-state index in [1.165, 1.54) is 28.1 Å². The van der Waals surface area contributed by atoms with Crippen molar-refractivity contribution < 1.29 is 45.5 Å². The molecule has 1 heterocycles. The topological polar surface area (TPSA) is 169 Å². The largest absolute Gasteiger partial charge is 0.446 e. The second-order valence-electron chi connectivity index (χ2n) is 13.2. The van der Waals surface area contributed by atoms with Crippen LogP contribution in [0.25, 0.3) is 5.69 Å². The number of carbonyl (C=O) groups is 4. The van der Waals surface area contributed by atoms with Crippen LogP contribution >= 0.6 is 0 Å². The highest BCUT2D eigenvalue weighted by Crippen LogP contribution is 2.46. The molecule has 51 heavy (non-hydrogen) atoms. The van der Waals surface area contributed by atoms with E-state index in [2.05, 4.69) is 33.6 Å². The van der Waals surface area contributed by atoms with Crippen LogP contribution in [-0.2, 0) is 35.3 Å². The molecule has 3 fully saturated rings. The lowest BCUT2D eigenvalue weighted by molar-refractivity contribution is -0.140. The minimum Gasteiger partial charge on any atom is -0.446 e. The van der Waals surface area contributed by atoms with E-state index in [0.29, 0.717) is 25.8 Å². The third-order valence-electron chi connectivity index (χ3n) is 9.54. The van der Waals surface area contributed by atoms with Crippen LogP contribution < -0.4 is 15.4 Å². The van der Waals surface area contributed by atoms with E-state index >= 15 is 0 Å². The standard InChI is InChI=1S/C34H41F3N6O7S/c1-4-6-7-8-15-42(3)30(45)26-19-23(50-32(47)39-27-17-22(34(35,36)37)10-13-28(27)43-16-9-14-38-43)18-25(26)29(44)40-33(20-21(33)5-2)31(46)41-51(48,49)24-11-12-24/h4-5,9-10,13-14,16-17,21,23-26H,1-2,6-8,11-12,15,18-20H2,3H3,(H,39,47)(H,40,44)(H,41,46)/t21-,23-,25-,26-,33-/m1/s1. The van der Waals surface area contributed by atoms with E-state index in [4.69, 9.17) is 4.74 Å². The normalized spacial score (nSPS) is 24.2. The number of carbonyl (C=O) groups excluding carboxylic acids is 4. The van der Waals surface area contributed by atoms with Gasteiger partial charge in [-0.2, -0.15) is 18.3 Å². The van der Waals surface area contributed by atoms with E-state index in [9.17, 15) is 40.8 Å². The number of unbranched alkanes of at least 4 members (excludes halogenated alkanes) is 2. The smallest absolute Gasteiger partial charge is 0.416 e. The lowest BCUT2D eigenvalue weighted by Crippen LogP contribution is -2.54. The van der Waals surface area contributed by atoms with Crippen LogP contribution in [0.1, 0.15) is 56.9 Å². The summed E-state index contributed by atoms with van der Waals surface area (Å²) in [4.78, 5) is 55.6. The molecule has 0 radical (unpaired) electrons. The zero-order valence-electron chi connectivity index (χ0n) is 28.0. The molecular weight excluding hydrogens is 693 g/mol. The van der Waals surface area contributed by atoms with Crippen LogP contribution in [0.5, 0.6) is 0 Å². The number of nitrogens with zero attached hydrogens (tertiary/aromatic N) is 3. The Balaban J connectivity index is 1.34. The van der Waals surface area contributed by atoms with Crippen molar-refractivity contribution in [3.63, 3.8) is 0 Å². The number of alkyl halides is 3. The molecule has 276 valence electrons. The molecule has 0 unspecified atom stereocenters. The first kappa shape index (κ1) is 37.6. The molecule has 3 aliphatic carbocycles. The van der Waals surface area contributed by atoms with Gasteiger partial charge in [-0.05, 0) is 75.6 Å². The van der Waals surface area contributed by atoms with Crippen molar-refractivity contribution in [2.24, 2.45) is 17.8 Å². The number of nitrogens with one attached hydrogen (secondary N) is 3. The predicted molar refractivity (Wildman–Crippen MR) is 180 cm³/mol. The van der Waals surface area contributed by atoms with Gasteiger partial charge in [0.2, 0.25) is 21.8 Å². The van der Waals surface area contributed by atoms with Gasteiger partial charge >= 0.3 is 12.3 Å². The summed E-state index contributed by atoms with van der Waals surface area (Å²) in [5, 5.41) is 8.40. The molecule has 1 aromatic carbocycles. The summed E-state index contributed by atoms with van der Waals surface area (Å²) in [6.07, 6.45) is 2.16. The van der Waals surface area contributed by atoms with E-state index in [1.54, 1.807) is 19.2 Å². The number of hydrogen-bond donors (Lipinski definition) is 3. The Morgan fingerprint density at radius 1 is 1.14 bits per heavy atom. The third-order valence-corrected chi connectivity index (χ3v) is 11.4. The fraction of sp³-hybridized carbons (Fsp3) is 0.500. The number of aromatic nitrogens is 2. The number of sulfonamides is 1. The van der Waals surface area contributed by atoms with Crippen LogP contribution in [0.15, 0.2) is 62.0 Å². The highest BCUT2D eigenvalue weighted by Gasteiger charge is 2.62. The zero-order chi connectivity index (χ0) is 37.1. The fourth-order valence-corrected chi connectivity index (χ4v) is 7.79. The molecule has 3 N–H and O–H groups in total. The molecule has 1 aromatic heterocycles. The van der Waals surface area contributed by atoms with Gasteiger partial charge in [0.05, 0.1) is 34.0 Å². The molecule has 13 nitrogen and oxygen atoms in total. The number of ether oxygens (including phenoxy) is 1. The zero-order valence-corrected chi connectivity index (χ0v) is 28.8. The molecular formula is C34H41F3N6O7S. The molecule has 0 spiro atoms. The van der Waals surface area contributed by atoms with Gasteiger partial charge in [-0.15, -0.1) is 13.2 Å². The summed E-state index contributed by atoms with van der Waals surface area (Å²) in [6.45, 7) is 7.76. The highest BCUT2D eigenvalue weighted by atomic mass is 32.2. The summed E-state index contributed by atoms with van der Waals surface area (Å²) < 4.78 is 74.7. The van der Waals surface area contributed by atoms with Crippen molar-refractivity contribution in [1.82, 2.24) is 24.7 Å². The monoisotopic (exact) mass is 734 g/mol. The Bertz CT molecular complexity index is 1780. The average molecular weight is 735 g/mol. The Hall–Kier alpha value is -4.67. The molecule has 3 aliphatic rings. The molecule has 4 amide bonds. The Morgan fingerprint density at radius 2 is 1.86 bits per heavy atom. The lowest BCUT2D eigenvalue weighted by atomic mass is 9.93. The van der Waals surface area contributed by atoms with E-state index < -0.39 is 80.2 Å². The maximum Gasteiger partial charge on any atom is 0.416 e. The molecule has 2 aromatic rings. The minimum absolute atomic E-state index is 0.0872. The van der Waals surface area contributed by atoms with Gasteiger partial charge in [0.25, 0.3) is 5.91 Å². The summed E-state index contributed by atoms with van der Waals surface area (Å²) in [5.41, 5.74) is -2.72. The molecule has 0 saturated heterocycles. The van der Waals surface area contributed by atoms with Crippen LogP contribution in [0, 0.1) is 17.8 Å². The number of halogens is 3. The first-order chi connectivity index (χ1) is 24.1. The Labute approximate surface area is 293 Å². The first-order valence-corrected chi connectivity index (χ1v) is 18.2. The van der Waals surface area contributed by atoms with Gasteiger partial charge in [-0.25, -0.2) is 17.9 Å². The van der Waals surface area contributed by atoms with Crippen molar-refractivity contribution >= 4 is 39.5 Å². The van der Waals surface area contributed by atoms with Gasteiger partial charge in [-0.1, -0.05) is 12.2 Å². The van der Waals surface area contributed by atoms with Gasteiger partial charge < -0.3 is 15.0 Å². The van der Waals surface area contributed by atoms with Crippen molar-refractivity contribution in [3.8, 4) is 5.69 Å². The maximum atomic E-state index is 13.9. The fourth-order valence-electron chi connectivity index (χ4n) is 6.42. The number of amides is 4. The summed E-state index contributed by atoms with van der Waals surface area (Å²) in [5.74, 6) is -4.64. The SMILES string of the molecule is C=CCCCCN(C)C(=O)[C@@H]1C[C@H](OC(=O)Nc2cc(C(F)(F)F)ccc2-n2cccn2)C[C@H]1C(=O)N[C@]1(C(=O)NS(=O)(=O)C2CC2)C[C@H]1C=C. The van der Waals surface area contributed by atoms with E-state index in [0.717, 1.165) is 31.0 Å². The lowest BCUT2D eigenvalue weighted by Gasteiger charge is -2.26. The maximum absolute atomic E-state index is 13.9. The predicted octanol–water partition coefficient (Wildman–Crippen LogP) is 4.32. The van der Waals surface area contributed by atoms with Gasteiger partial charge in [0.1, 0.15) is 11.6 Å². The number of rotatable bonds is 15. The van der Waals surface area contributed by atoms with Crippen molar-refractivity contribution in [3.05, 3.63) is 67.5 Å². The van der Waals surface area contributed by atoms with E-state index in [-0.39, 0.29) is 30.6 Å². The van der Waals surface area contributed by atoms with Crippen LogP contribution in [0.2, 0.25) is 0 Å². The molecule has 0 bridgehead atoms. The average Bonchev–Trinajstić information content (AvgIpc) is 3.95. The molecule has 5 atom stereocenters. The quantitative estimate of drug-likeness (QED) is 0.180. The molecule has 5 rings (SSSR count). The number of hydrogen-bond acceptors (Lipinski definition) is 8. The van der Waals surface area contributed by atoms with Crippen LogP contribution in [0.3, 0.4) is 0 Å². The second kappa shape index (κ2) is 14.9. The first-order valence-electron chi connectivity index (χ1n) is 16.6. The van der Waals surface area contributed by atoms with Crippen LogP contribution in [-0.4, -0.2) is 77.4 Å². The van der Waals surface area contributed by atoms with Crippen molar-refractivity contribution in [2.75, 3.05) is 18.9 Å². The Morgan fingerprint density at radius 3 is 2.47 bits per heavy atom. The van der Waals surface area contributed by atoms with Crippen molar-refractivity contribution in [1.29, 1.82) is 0 Å². The van der Waals surface area contributed by atoms with Crippen LogP contribution in [0.4, 0.5) is 23.7 Å². The second-order valence-corrected chi connectivity index (χ2v) is 15.2. The number of benzene rings is 1. The third kappa shape index (κ3) is 8.63.